The van der Waals surface area contributed by atoms with E-state index in [1.165, 1.54) is 5.56 Å². The molecule has 1 aliphatic rings. The average molecular weight is 372 g/mol. The lowest BCUT2D eigenvalue weighted by Crippen LogP contribution is -2.46. The van der Waals surface area contributed by atoms with E-state index in [2.05, 4.69) is 46.0 Å². The highest BCUT2D eigenvalue weighted by Crippen LogP contribution is 2.23. The van der Waals surface area contributed by atoms with Crippen LogP contribution in [0, 0.1) is 6.92 Å². The highest BCUT2D eigenvalue weighted by Gasteiger charge is 2.19. The van der Waals surface area contributed by atoms with Crippen molar-refractivity contribution in [3.8, 4) is 11.3 Å². The highest BCUT2D eigenvalue weighted by molar-refractivity contribution is 5.94. The third-order valence-electron chi connectivity index (χ3n) is 5.21. The second-order valence-corrected chi connectivity index (χ2v) is 7.21. The maximum atomic E-state index is 11.4. The van der Waals surface area contributed by atoms with Gasteiger partial charge in [-0.2, -0.15) is 0 Å². The number of carbonyl (C=O) groups excluding carboxylic acids is 1. The number of nitrogens with zero attached hydrogens (tertiary/aromatic N) is 4. The molecular formula is C23H24N4O. The molecule has 2 aromatic carbocycles. The van der Waals surface area contributed by atoms with Crippen molar-refractivity contribution in [2.24, 2.45) is 0 Å². The van der Waals surface area contributed by atoms with Crippen LogP contribution in [-0.4, -0.2) is 41.9 Å². The first-order valence-corrected chi connectivity index (χ1v) is 9.60. The Morgan fingerprint density at radius 3 is 2.14 bits per heavy atom. The Balaban J connectivity index is 1.44. The number of carbonyl (C=O) groups is 1. The van der Waals surface area contributed by atoms with Gasteiger partial charge < -0.3 is 9.80 Å². The normalized spacial score (nSPS) is 14.2. The number of hydrogen-bond donors (Lipinski definition) is 0. The molecule has 3 aromatic rings. The van der Waals surface area contributed by atoms with Gasteiger partial charge in [-0.3, -0.25) is 9.78 Å². The molecule has 2 heterocycles. The van der Waals surface area contributed by atoms with Crippen molar-refractivity contribution in [3.63, 3.8) is 0 Å². The predicted octanol–water partition coefficient (Wildman–Crippen LogP) is 3.98. The average Bonchev–Trinajstić information content (AvgIpc) is 2.74. The van der Waals surface area contributed by atoms with Gasteiger partial charge in [-0.1, -0.05) is 29.8 Å². The molecule has 0 N–H and O–H groups in total. The molecule has 5 heteroatoms. The van der Waals surface area contributed by atoms with Crippen molar-refractivity contribution in [2.75, 3.05) is 36.0 Å². The summed E-state index contributed by atoms with van der Waals surface area (Å²) in [6, 6.07) is 16.2. The molecule has 0 spiro atoms. The molecule has 5 nitrogen and oxygen atoms in total. The van der Waals surface area contributed by atoms with E-state index in [-0.39, 0.29) is 5.78 Å². The fraction of sp³-hybridized carbons (Fsp3) is 0.261. The first-order chi connectivity index (χ1) is 13.6. The van der Waals surface area contributed by atoms with Crippen molar-refractivity contribution < 1.29 is 4.79 Å². The third-order valence-corrected chi connectivity index (χ3v) is 5.21. The van der Waals surface area contributed by atoms with Crippen LogP contribution in [0.5, 0.6) is 0 Å². The molecule has 0 bridgehead atoms. The van der Waals surface area contributed by atoms with Gasteiger partial charge in [0.15, 0.2) is 5.78 Å². The molecular weight excluding hydrogens is 348 g/mol. The summed E-state index contributed by atoms with van der Waals surface area (Å²) in [6.45, 7) is 7.28. The largest absolute Gasteiger partial charge is 0.368 e. The van der Waals surface area contributed by atoms with Crippen molar-refractivity contribution >= 4 is 17.3 Å². The molecule has 0 saturated carbocycles. The van der Waals surface area contributed by atoms with Crippen LogP contribution in [0.4, 0.5) is 11.5 Å². The van der Waals surface area contributed by atoms with E-state index in [0.717, 1.165) is 54.5 Å². The molecule has 1 fully saturated rings. The minimum Gasteiger partial charge on any atom is -0.368 e. The zero-order chi connectivity index (χ0) is 19.5. The Hall–Kier alpha value is -3.21. The molecule has 0 aliphatic carbocycles. The Morgan fingerprint density at radius 2 is 1.50 bits per heavy atom. The summed E-state index contributed by atoms with van der Waals surface area (Å²) in [5, 5.41) is 0. The van der Waals surface area contributed by atoms with Crippen molar-refractivity contribution in [1.29, 1.82) is 0 Å². The fourth-order valence-electron chi connectivity index (χ4n) is 3.47. The van der Waals surface area contributed by atoms with Gasteiger partial charge in [-0.15, -0.1) is 0 Å². The molecule has 4 rings (SSSR count). The van der Waals surface area contributed by atoms with Crippen molar-refractivity contribution in [1.82, 2.24) is 9.97 Å². The minimum absolute atomic E-state index is 0.100. The second-order valence-electron chi connectivity index (χ2n) is 7.21. The van der Waals surface area contributed by atoms with Crippen LogP contribution in [0.3, 0.4) is 0 Å². The maximum absolute atomic E-state index is 11.4. The molecule has 0 radical (unpaired) electrons. The number of aromatic nitrogens is 2. The number of hydrogen-bond acceptors (Lipinski definition) is 5. The van der Waals surface area contributed by atoms with E-state index < -0.39 is 0 Å². The SMILES string of the molecule is CC(=O)c1ccc(N2CCN(c3cncc(-c4ccc(C)cc4)n3)CC2)cc1. The molecule has 0 amide bonds. The summed E-state index contributed by atoms with van der Waals surface area (Å²) in [5.74, 6) is 1.02. The van der Waals surface area contributed by atoms with Gasteiger partial charge in [0.2, 0.25) is 0 Å². The summed E-state index contributed by atoms with van der Waals surface area (Å²) in [4.78, 5) is 25.3. The van der Waals surface area contributed by atoms with Crippen molar-refractivity contribution in [3.05, 3.63) is 72.1 Å². The maximum Gasteiger partial charge on any atom is 0.159 e. The summed E-state index contributed by atoms with van der Waals surface area (Å²) in [5.41, 5.74) is 5.14. The molecule has 0 unspecified atom stereocenters. The van der Waals surface area contributed by atoms with Crippen molar-refractivity contribution in [2.45, 2.75) is 13.8 Å². The molecule has 142 valence electrons. The van der Waals surface area contributed by atoms with E-state index >= 15 is 0 Å². The fourth-order valence-corrected chi connectivity index (χ4v) is 3.47. The van der Waals surface area contributed by atoms with E-state index in [4.69, 9.17) is 4.98 Å². The lowest BCUT2D eigenvalue weighted by Gasteiger charge is -2.36. The van der Waals surface area contributed by atoms with Gasteiger partial charge >= 0.3 is 0 Å². The predicted molar refractivity (Wildman–Crippen MR) is 113 cm³/mol. The summed E-state index contributed by atoms with van der Waals surface area (Å²) >= 11 is 0. The van der Waals surface area contributed by atoms with Gasteiger partial charge in [0.1, 0.15) is 5.82 Å². The molecule has 1 saturated heterocycles. The van der Waals surface area contributed by atoms with E-state index in [9.17, 15) is 4.79 Å². The third kappa shape index (κ3) is 3.88. The Kier molecular flexibility index (Phi) is 5.06. The number of piperazine rings is 1. The Morgan fingerprint density at radius 1 is 0.857 bits per heavy atom. The van der Waals surface area contributed by atoms with Crippen LogP contribution in [0.1, 0.15) is 22.8 Å². The van der Waals surface area contributed by atoms with Crippen LogP contribution in [-0.2, 0) is 0 Å². The summed E-state index contributed by atoms with van der Waals surface area (Å²) in [7, 11) is 0. The number of ketones is 1. The summed E-state index contributed by atoms with van der Waals surface area (Å²) in [6.07, 6.45) is 3.66. The van der Waals surface area contributed by atoms with Gasteiger partial charge in [-0.25, -0.2) is 4.98 Å². The molecule has 1 aliphatic heterocycles. The van der Waals surface area contributed by atoms with E-state index in [1.807, 2.05) is 36.7 Å². The highest BCUT2D eigenvalue weighted by atomic mass is 16.1. The minimum atomic E-state index is 0.100. The zero-order valence-corrected chi connectivity index (χ0v) is 16.3. The van der Waals surface area contributed by atoms with Crippen LogP contribution in [0.25, 0.3) is 11.3 Å². The van der Waals surface area contributed by atoms with Gasteiger partial charge in [0.05, 0.1) is 18.1 Å². The van der Waals surface area contributed by atoms with Crippen LogP contribution >= 0.6 is 0 Å². The number of aryl methyl sites for hydroxylation is 1. The van der Waals surface area contributed by atoms with Gasteiger partial charge in [0.25, 0.3) is 0 Å². The summed E-state index contributed by atoms with van der Waals surface area (Å²) < 4.78 is 0. The first-order valence-electron chi connectivity index (χ1n) is 9.60. The number of anilines is 2. The number of rotatable bonds is 4. The monoisotopic (exact) mass is 372 g/mol. The molecule has 28 heavy (non-hydrogen) atoms. The lowest BCUT2D eigenvalue weighted by molar-refractivity contribution is 0.101. The number of benzene rings is 2. The molecule has 1 aromatic heterocycles. The van der Waals surface area contributed by atoms with Crippen LogP contribution in [0.2, 0.25) is 0 Å². The standard InChI is InChI=1S/C23H24N4O/c1-17-3-5-20(6-4-17)22-15-24-16-23(25-22)27-13-11-26(12-14-27)21-9-7-19(8-10-21)18(2)28/h3-10,15-16H,11-14H2,1-2H3. The first kappa shape index (κ1) is 18.2. The molecule has 0 atom stereocenters. The smallest absolute Gasteiger partial charge is 0.159 e. The second kappa shape index (κ2) is 7.80. The van der Waals surface area contributed by atoms with E-state index in [0.29, 0.717) is 0 Å². The number of Topliss-reactive ketones (excluding diaryl/α,β-unsaturated/α-hetero) is 1. The Labute approximate surface area is 165 Å². The van der Waals surface area contributed by atoms with Crippen LogP contribution in [0.15, 0.2) is 60.9 Å². The topological polar surface area (TPSA) is 49.3 Å². The van der Waals surface area contributed by atoms with E-state index in [1.54, 1.807) is 6.92 Å². The van der Waals surface area contributed by atoms with Crippen LogP contribution < -0.4 is 9.80 Å². The zero-order valence-electron chi connectivity index (χ0n) is 16.3. The lowest BCUT2D eigenvalue weighted by atomic mass is 10.1. The van der Waals surface area contributed by atoms with Gasteiger partial charge in [-0.05, 0) is 38.1 Å². The Bertz CT molecular complexity index is 959. The van der Waals surface area contributed by atoms with Gasteiger partial charge in [0, 0.05) is 43.0 Å². The quantitative estimate of drug-likeness (QED) is 0.649.